The van der Waals surface area contributed by atoms with Gasteiger partial charge in [0.1, 0.15) is 17.5 Å². The summed E-state index contributed by atoms with van der Waals surface area (Å²) in [6, 6.07) is 14.3. The van der Waals surface area contributed by atoms with Gasteiger partial charge >= 0.3 is 6.09 Å². The van der Waals surface area contributed by atoms with Crippen molar-refractivity contribution in [1.29, 1.82) is 0 Å². The number of rotatable bonds is 6. The molecule has 0 unspecified atom stereocenters. The summed E-state index contributed by atoms with van der Waals surface area (Å²) in [5.41, 5.74) is 0.813. The summed E-state index contributed by atoms with van der Waals surface area (Å²) >= 11 is 1.47. The van der Waals surface area contributed by atoms with Crippen LogP contribution in [0.15, 0.2) is 58.2 Å². The number of anilines is 2. The highest BCUT2D eigenvalue weighted by Gasteiger charge is 2.44. The summed E-state index contributed by atoms with van der Waals surface area (Å²) in [7, 11) is 1.57. The Morgan fingerprint density at radius 3 is 2.76 bits per heavy atom. The van der Waals surface area contributed by atoms with Gasteiger partial charge < -0.3 is 24.5 Å². The van der Waals surface area contributed by atoms with Crippen molar-refractivity contribution in [3.8, 4) is 5.75 Å². The molecule has 3 aliphatic rings. The van der Waals surface area contributed by atoms with E-state index in [0.29, 0.717) is 54.6 Å². The first kappa shape index (κ1) is 23.8. The highest BCUT2D eigenvalue weighted by molar-refractivity contribution is 8.00. The molecule has 4 heterocycles. The van der Waals surface area contributed by atoms with Crippen LogP contribution in [0, 0.1) is 0 Å². The molecule has 2 amide bonds. The number of benzene rings is 2. The molecule has 0 radical (unpaired) electrons. The molecule has 6 rings (SSSR count). The van der Waals surface area contributed by atoms with Gasteiger partial charge in [-0.15, -0.1) is 11.8 Å². The normalized spacial score (nSPS) is 20.8. The highest BCUT2D eigenvalue weighted by Crippen LogP contribution is 2.36. The Hall–Kier alpha value is -3.54. The zero-order valence-electron chi connectivity index (χ0n) is 20.2. The van der Waals surface area contributed by atoms with Crippen molar-refractivity contribution in [3.05, 3.63) is 58.9 Å². The third kappa shape index (κ3) is 4.54. The zero-order chi connectivity index (χ0) is 25.7. The summed E-state index contributed by atoms with van der Waals surface area (Å²) in [5.74, 6) is 0.958. The molecule has 0 aliphatic carbocycles. The number of thioether (sulfide) groups is 1. The average Bonchev–Trinajstić information content (AvgIpc) is 3.24. The standard InChI is InChI=1S/C26H26N4O6S/c1-35-18-5-2-16-3-7-24(32)30(21(16)9-18)15-26(34)13-28(14-26)10-19-11-29(25(33)36-19)17-4-6-22-20(8-17)27-23(31)12-37-22/h2-9,19,34H,10-15H2,1H3,(H,27,31)/t19-/m1/s1. The monoisotopic (exact) mass is 522 g/mol. The lowest BCUT2D eigenvalue weighted by molar-refractivity contribution is -0.115. The maximum absolute atomic E-state index is 12.6. The fraction of sp³-hybridized carbons (Fsp3) is 0.346. The number of cyclic esters (lactones) is 1. The quantitative estimate of drug-likeness (QED) is 0.506. The Morgan fingerprint density at radius 2 is 1.95 bits per heavy atom. The van der Waals surface area contributed by atoms with Gasteiger partial charge in [-0.05, 0) is 41.8 Å². The number of pyridine rings is 1. The van der Waals surface area contributed by atoms with E-state index in [1.54, 1.807) is 34.8 Å². The molecule has 0 spiro atoms. The van der Waals surface area contributed by atoms with Crippen LogP contribution < -0.4 is 20.5 Å². The molecular formula is C26H26N4O6S. The molecule has 11 heteroatoms. The number of carbonyl (C=O) groups excluding carboxylic acids is 2. The minimum Gasteiger partial charge on any atom is -0.497 e. The number of β-amino-alcohol motifs (C(OH)–C–C–N with tert-alkyl or cyclic N) is 1. The van der Waals surface area contributed by atoms with Gasteiger partial charge in [-0.25, -0.2) is 4.79 Å². The molecule has 37 heavy (non-hydrogen) atoms. The predicted octanol–water partition coefficient (Wildman–Crippen LogP) is 2.13. The first-order valence-corrected chi connectivity index (χ1v) is 13.0. The fourth-order valence-electron chi connectivity index (χ4n) is 5.22. The van der Waals surface area contributed by atoms with Crippen LogP contribution in [0.25, 0.3) is 10.9 Å². The maximum atomic E-state index is 12.6. The summed E-state index contributed by atoms with van der Waals surface area (Å²) in [6.07, 6.45) is -0.798. The second-order valence-corrected chi connectivity index (χ2v) is 10.7. The average molecular weight is 523 g/mol. The SMILES string of the molecule is COc1ccc2ccc(=O)n(CC3(O)CN(C[C@@H]4CN(c5ccc6c(c5)NC(=O)CS6)C(=O)O4)C3)c2c1. The molecule has 1 aromatic heterocycles. The second kappa shape index (κ2) is 9.09. The summed E-state index contributed by atoms with van der Waals surface area (Å²) < 4.78 is 12.5. The van der Waals surface area contributed by atoms with Crippen LogP contribution in [-0.4, -0.2) is 77.3 Å². The molecule has 1 atom stereocenters. The number of aliphatic hydroxyl groups is 1. The number of aromatic nitrogens is 1. The van der Waals surface area contributed by atoms with Crippen LogP contribution >= 0.6 is 11.8 Å². The minimum atomic E-state index is -1.07. The molecule has 3 aliphatic heterocycles. The van der Waals surface area contributed by atoms with Gasteiger partial charge in [0.2, 0.25) is 5.91 Å². The van der Waals surface area contributed by atoms with Crippen molar-refractivity contribution in [3.63, 3.8) is 0 Å². The van der Waals surface area contributed by atoms with E-state index in [9.17, 15) is 19.5 Å². The Kier molecular flexibility index (Phi) is 5.85. The molecule has 2 fully saturated rings. The van der Waals surface area contributed by atoms with E-state index in [1.807, 2.05) is 29.2 Å². The van der Waals surface area contributed by atoms with Crippen molar-refractivity contribution < 1.29 is 24.2 Å². The molecule has 192 valence electrons. The van der Waals surface area contributed by atoms with Crippen molar-refractivity contribution in [2.24, 2.45) is 0 Å². The Labute approximate surface area is 216 Å². The van der Waals surface area contributed by atoms with Crippen LogP contribution in [0.4, 0.5) is 16.2 Å². The number of hydrogen-bond donors (Lipinski definition) is 2. The van der Waals surface area contributed by atoms with E-state index < -0.39 is 11.7 Å². The Balaban J connectivity index is 1.10. The third-order valence-corrected chi connectivity index (χ3v) is 8.01. The van der Waals surface area contributed by atoms with Crippen molar-refractivity contribution in [2.45, 2.75) is 23.1 Å². The zero-order valence-corrected chi connectivity index (χ0v) is 21.0. The second-order valence-electron chi connectivity index (χ2n) is 9.71. The van der Waals surface area contributed by atoms with Crippen LogP contribution in [0.2, 0.25) is 0 Å². The first-order valence-electron chi connectivity index (χ1n) is 12.0. The number of hydrogen-bond acceptors (Lipinski definition) is 8. The largest absolute Gasteiger partial charge is 0.497 e. The number of fused-ring (bicyclic) bond motifs is 2. The molecule has 2 N–H and O–H groups in total. The number of ether oxygens (including phenoxy) is 2. The van der Waals surface area contributed by atoms with Gasteiger partial charge in [-0.1, -0.05) is 0 Å². The lowest BCUT2D eigenvalue weighted by atomic mass is 9.93. The van der Waals surface area contributed by atoms with E-state index in [0.717, 1.165) is 10.3 Å². The Bertz CT molecular complexity index is 1470. The predicted molar refractivity (Wildman–Crippen MR) is 140 cm³/mol. The molecule has 10 nitrogen and oxygen atoms in total. The van der Waals surface area contributed by atoms with Gasteiger partial charge in [-0.2, -0.15) is 0 Å². The lowest BCUT2D eigenvalue weighted by Gasteiger charge is -2.47. The third-order valence-electron chi connectivity index (χ3n) is 6.93. The number of carbonyl (C=O) groups is 2. The van der Waals surface area contributed by atoms with Crippen molar-refractivity contribution in [2.75, 3.05) is 49.3 Å². The number of likely N-dealkylation sites (tertiary alicyclic amines) is 1. The van der Waals surface area contributed by atoms with E-state index in [-0.39, 0.29) is 24.1 Å². The van der Waals surface area contributed by atoms with Gasteiger partial charge in [0, 0.05) is 42.3 Å². The minimum absolute atomic E-state index is 0.0632. The van der Waals surface area contributed by atoms with Gasteiger partial charge in [-0.3, -0.25) is 19.4 Å². The lowest BCUT2D eigenvalue weighted by Crippen LogP contribution is -2.65. The molecule has 0 bridgehead atoms. The maximum Gasteiger partial charge on any atom is 0.414 e. The van der Waals surface area contributed by atoms with Gasteiger partial charge in [0.25, 0.3) is 5.56 Å². The van der Waals surface area contributed by atoms with E-state index in [4.69, 9.17) is 9.47 Å². The molecule has 2 saturated heterocycles. The van der Waals surface area contributed by atoms with E-state index in [2.05, 4.69) is 5.32 Å². The number of nitrogens with zero attached hydrogens (tertiary/aromatic N) is 3. The fourth-order valence-corrected chi connectivity index (χ4v) is 6.01. The number of methoxy groups -OCH3 is 1. The smallest absolute Gasteiger partial charge is 0.414 e. The molecule has 2 aromatic carbocycles. The highest BCUT2D eigenvalue weighted by atomic mass is 32.2. The van der Waals surface area contributed by atoms with E-state index in [1.165, 1.54) is 17.8 Å². The van der Waals surface area contributed by atoms with Crippen LogP contribution in [0.5, 0.6) is 5.75 Å². The van der Waals surface area contributed by atoms with E-state index >= 15 is 0 Å². The Morgan fingerprint density at radius 1 is 1.14 bits per heavy atom. The summed E-state index contributed by atoms with van der Waals surface area (Å²) in [5, 5.41) is 14.9. The van der Waals surface area contributed by atoms with Crippen LogP contribution in [0.3, 0.4) is 0 Å². The van der Waals surface area contributed by atoms with Gasteiger partial charge in [0.15, 0.2) is 0 Å². The first-order chi connectivity index (χ1) is 17.8. The number of nitrogens with one attached hydrogen (secondary N) is 1. The number of amides is 2. The van der Waals surface area contributed by atoms with Crippen LogP contribution in [-0.2, 0) is 16.1 Å². The summed E-state index contributed by atoms with van der Waals surface area (Å²) in [6.45, 7) is 1.71. The topological polar surface area (TPSA) is 113 Å². The van der Waals surface area contributed by atoms with Crippen molar-refractivity contribution in [1.82, 2.24) is 9.47 Å². The molecule has 3 aromatic rings. The molecular weight excluding hydrogens is 496 g/mol. The van der Waals surface area contributed by atoms with Crippen molar-refractivity contribution >= 4 is 46.0 Å². The summed E-state index contributed by atoms with van der Waals surface area (Å²) in [4.78, 5) is 41.5. The van der Waals surface area contributed by atoms with Gasteiger partial charge in [0.05, 0.1) is 37.2 Å². The molecule has 0 saturated carbocycles. The van der Waals surface area contributed by atoms with Crippen LogP contribution in [0.1, 0.15) is 0 Å².